The smallest absolute Gasteiger partial charge is 0.326 e. The number of hydrogen-bond acceptors (Lipinski definition) is 4. The van der Waals surface area contributed by atoms with E-state index in [-0.39, 0.29) is 4.90 Å². The lowest BCUT2D eigenvalue weighted by molar-refractivity contribution is -0.141. The highest BCUT2D eigenvalue weighted by Crippen LogP contribution is 2.64. The Morgan fingerprint density at radius 1 is 1.16 bits per heavy atom. The number of aryl methyl sites for hydroxylation is 1. The predicted octanol–water partition coefficient (Wildman–Crippen LogP) is 3.29. The van der Waals surface area contributed by atoms with Crippen LogP contribution in [0, 0.1) is 23.7 Å². The van der Waals surface area contributed by atoms with E-state index in [1.54, 1.807) is 42.5 Å². The Hall–Kier alpha value is -2.17. The first-order chi connectivity index (χ1) is 11.7. The quantitative estimate of drug-likeness (QED) is 0.819. The zero-order chi connectivity index (χ0) is 18.4. The molecule has 128 valence electrons. The van der Waals surface area contributed by atoms with E-state index in [1.807, 2.05) is 6.92 Å². The standard InChI is InChI=1S/C18H14BrNO4S/c1-11-2-8-14(9-3-11)25(23,24)16-15(18(16,10-20)17(21)22)12-4-6-13(19)7-5-12/h2-9,15-16H,1H3,(H,21,22)/t15-,16-,18+/m0/s1. The van der Waals surface area contributed by atoms with Crippen LogP contribution in [0.2, 0.25) is 0 Å². The molecule has 1 fully saturated rings. The summed E-state index contributed by atoms with van der Waals surface area (Å²) >= 11 is 3.29. The zero-order valence-electron chi connectivity index (χ0n) is 13.2. The first kappa shape index (κ1) is 17.6. The summed E-state index contributed by atoms with van der Waals surface area (Å²) in [5, 5.41) is 17.8. The van der Waals surface area contributed by atoms with Crippen LogP contribution in [-0.4, -0.2) is 24.7 Å². The molecule has 0 unspecified atom stereocenters. The number of hydrogen-bond donors (Lipinski definition) is 1. The second-order valence-corrected chi connectivity index (χ2v) is 9.08. The van der Waals surface area contributed by atoms with Gasteiger partial charge in [0.1, 0.15) is 5.25 Å². The summed E-state index contributed by atoms with van der Waals surface area (Å²) in [5.41, 5.74) is -0.561. The Morgan fingerprint density at radius 2 is 1.72 bits per heavy atom. The predicted molar refractivity (Wildman–Crippen MR) is 94.7 cm³/mol. The van der Waals surface area contributed by atoms with Gasteiger partial charge in [0.15, 0.2) is 15.3 Å². The van der Waals surface area contributed by atoms with Crippen molar-refractivity contribution in [1.82, 2.24) is 0 Å². The summed E-state index contributed by atoms with van der Waals surface area (Å²) in [4.78, 5) is 11.8. The Morgan fingerprint density at radius 3 is 2.20 bits per heavy atom. The second kappa shape index (κ2) is 5.97. The van der Waals surface area contributed by atoms with Gasteiger partial charge in [-0.1, -0.05) is 45.8 Å². The minimum Gasteiger partial charge on any atom is -0.480 e. The molecule has 0 radical (unpaired) electrons. The Labute approximate surface area is 154 Å². The minimum absolute atomic E-state index is 0.0311. The molecule has 1 aliphatic rings. The number of carboxylic acid groups (broad SMARTS) is 1. The fourth-order valence-electron chi connectivity index (χ4n) is 3.20. The third-order valence-corrected chi connectivity index (χ3v) is 7.36. The molecule has 2 aromatic carbocycles. The number of halogens is 1. The average molecular weight is 420 g/mol. The summed E-state index contributed by atoms with van der Waals surface area (Å²) in [7, 11) is -3.97. The van der Waals surface area contributed by atoms with E-state index >= 15 is 0 Å². The molecule has 0 amide bonds. The number of carbonyl (C=O) groups is 1. The van der Waals surface area contributed by atoms with Gasteiger partial charge in [-0.15, -0.1) is 0 Å². The normalized spacial score (nSPS) is 25.2. The monoisotopic (exact) mass is 419 g/mol. The Bertz CT molecular complexity index is 977. The van der Waals surface area contributed by atoms with Crippen molar-refractivity contribution in [3.05, 3.63) is 64.1 Å². The topological polar surface area (TPSA) is 95.2 Å². The summed E-state index contributed by atoms with van der Waals surface area (Å²) in [5.74, 6) is -2.32. The molecule has 3 rings (SSSR count). The molecule has 0 aromatic heterocycles. The molecule has 0 bridgehead atoms. The average Bonchev–Trinajstić information content (AvgIpc) is 3.27. The van der Waals surface area contributed by atoms with Crippen LogP contribution >= 0.6 is 15.9 Å². The van der Waals surface area contributed by atoms with Crippen molar-refractivity contribution in [2.45, 2.75) is 23.0 Å². The van der Waals surface area contributed by atoms with E-state index in [0.717, 1.165) is 10.0 Å². The number of nitrogens with zero attached hydrogens (tertiary/aromatic N) is 1. The largest absolute Gasteiger partial charge is 0.480 e. The third-order valence-electron chi connectivity index (χ3n) is 4.58. The van der Waals surface area contributed by atoms with E-state index in [0.29, 0.717) is 5.56 Å². The molecule has 1 aliphatic carbocycles. The number of carboxylic acids is 1. The maximum Gasteiger partial charge on any atom is 0.326 e. The van der Waals surface area contributed by atoms with Crippen molar-refractivity contribution in [3.63, 3.8) is 0 Å². The van der Waals surface area contributed by atoms with Crippen LogP contribution in [0.25, 0.3) is 0 Å². The molecule has 0 heterocycles. The van der Waals surface area contributed by atoms with Crippen LogP contribution in [0.5, 0.6) is 0 Å². The summed E-state index contributed by atoms with van der Waals surface area (Å²) in [6.07, 6.45) is 0. The van der Waals surface area contributed by atoms with Gasteiger partial charge in [0, 0.05) is 10.4 Å². The van der Waals surface area contributed by atoms with Crippen molar-refractivity contribution in [1.29, 1.82) is 5.26 Å². The van der Waals surface area contributed by atoms with Gasteiger partial charge in [-0.05, 0) is 36.8 Å². The minimum atomic E-state index is -3.97. The van der Waals surface area contributed by atoms with Gasteiger partial charge in [0.05, 0.1) is 11.0 Å². The van der Waals surface area contributed by atoms with Crippen LogP contribution in [0.1, 0.15) is 17.0 Å². The van der Waals surface area contributed by atoms with Crippen LogP contribution < -0.4 is 0 Å². The molecule has 1 saturated carbocycles. The van der Waals surface area contributed by atoms with Crippen molar-refractivity contribution in [3.8, 4) is 6.07 Å². The molecule has 3 atom stereocenters. The molecule has 5 nitrogen and oxygen atoms in total. The number of sulfone groups is 1. The number of aliphatic carboxylic acids is 1. The van der Waals surface area contributed by atoms with Gasteiger partial charge in [-0.3, -0.25) is 4.79 Å². The van der Waals surface area contributed by atoms with Crippen LogP contribution in [0.4, 0.5) is 0 Å². The maximum absolute atomic E-state index is 13.0. The summed E-state index contributed by atoms with van der Waals surface area (Å²) in [6.45, 7) is 1.83. The van der Waals surface area contributed by atoms with E-state index in [2.05, 4.69) is 15.9 Å². The highest BCUT2D eigenvalue weighted by molar-refractivity contribution is 9.10. The Balaban J connectivity index is 2.12. The van der Waals surface area contributed by atoms with Gasteiger partial charge in [0.2, 0.25) is 0 Å². The number of nitriles is 1. The highest BCUT2D eigenvalue weighted by atomic mass is 79.9. The van der Waals surface area contributed by atoms with Crippen LogP contribution in [0.15, 0.2) is 57.9 Å². The van der Waals surface area contributed by atoms with Crippen molar-refractivity contribution >= 4 is 31.7 Å². The Kier molecular flexibility index (Phi) is 4.21. The van der Waals surface area contributed by atoms with Gasteiger partial charge in [-0.25, -0.2) is 8.42 Å². The van der Waals surface area contributed by atoms with Gasteiger partial charge in [-0.2, -0.15) is 5.26 Å². The first-order valence-corrected chi connectivity index (χ1v) is 9.79. The lowest BCUT2D eigenvalue weighted by Gasteiger charge is -2.05. The van der Waals surface area contributed by atoms with E-state index in [9.17, 15) is 23.6 Å². The van der Waals surface area contributed by atoms with Crippen LogP contribution in [0.3, 0.4) is 0 Å². The van der Waals surface area contributed by atoms with E-state index in [4.69, 9.17) is 0 Å². The van der Waals surface area contributed by atoms with Gasteiger partial charge in [0.25, 0.3) is 0 Å². The van der Waals surface area contributed by atoms with Crippen molar-refractivity contribution in [2.75, 3.05) is 0 Å². The molecule has 1 N–H and O–H groups in total. The van der Waals surface area contributed by atoms with Crippen molar-refractivity contribution < 1.29 is 18.3 Å². The molecule has 0 spiro atoms. The lowest BCUT2D eigenvalue weighted by atomic mass is 10.0. The lowest BCUT2D eigenvalue weighted by Crippen LogP contribution is -2.22. The maximum atomic E-state index is 13.0. The molecular formula is C18H14BrNO4S. The zero-order valence-corrected chi connectivity index (χ0v) is 15.6. The SMILES string of the molecule is Cc1ccc(S(=O)(=O)[C@H]2[C@H](c3ccc(Br)cc3)[C@@]2(C#N)C(=O)O)cc1. The number of rotatable bonds is 4. The highest BCUT2D eigenvalue weighted by Gasteiger charge is 2.77. The van der Waals surface area contributed by atoms with E-state index < -0.39 is 32.4 Å². The van der Waals surface area contributed by atoms with Crippen LogP contribution in [-0.2, 0) is 14.6 Å². The molecular weight excluding hydrogens is 406 g/mol. The fraction of sp³-hybridized carbons (Fsp3) is 0.222. The molecule has 0 aliphatic heterocycles. The fourth-order valence-corrected chi connectivity index (χ4v) is 5.71. The number of benzene rings is 2. The second-order valence-electron chi connectivity index (χ2n) is 6.09. The van der Waals surface area contributed by atoms with E-state index in [1.165, 1.54) is 12.1 Å². The molecule has 7 heteroatoms. The summed E-state index contributed by atoms with van der Waals surface area (Å²) in [6, 6.07) is 14.7. The van der Waals surface area contributed by atoms with Gasteiger partial charge >= 0.3 is 5.97 Å². The summed E-state index contributed by atoms with van der Waals surface area (Å²) < 4.78 is 26.8. The van der Waals surface area contributed by atoms with Gasteiger partial charge < -0.3 is 5.11 Å². The van der Waals surface area contributed by atoms with Crippen molar-refractivity contribution in [2.24, 2.45) is 5.41 Å². The molecule has 2 aromatic rings. The molecule has 25 heavy (non-hydrogen) atoms. The third kappa shape index (κ3) is 2.66. The molecule has 0 saturated heterocycles. The first-order valence-electron chi connectivity index (χ1n) is 7.46.